The summed E-state index contributed by atoms with van der Waals surface area (Å²) in [6.07, 6.45) is 0.961. The Kier molecular flexibility index (Phi) is 3.92. The molecule has 0 aromatic rings. The molecule has 0 saturated carbocycles. The number of rotatable bonds is 2. The molecule has 1 fully saturated rings. The van der Waals surface area contributed by atoms with Crippen LogP contribution in [0.5, 0.6) is 0 Å². The number of nitrogens with zero attached hydrogens (tertiary/aromatic N) is 1. The Morgan fingerprint density at radius 1 is 1.50 bits per heavy atom. The normalized spacial score (nSPS) is 20.7. The number of carbonyl (C=O) groups is 1. The maximum atomic E-state index is 11.6. The molecule has 0 aromatic heterocycles. The van der Waals surface area contributed by atoms with Gasteiger partial charge in [0.25, 0.3) is 0 Å². The standard InChI is InChI=1S/C9H17NOS/c1-3-8(2)9(11)10-4-6-12-7-5-10/h8H,3-7H2,1-2H3. The van der Waals surface area contributed by atoms with E-state index in [9.17, 15) is 4.79 Å². The third-order valence-electron chi connectivity index (χ3n) is 2.36. The SMILES string of the molecule is CCC(C)C(=O)N1CCSCC1. The lowest BCUT2D eigenvalue weighted by atomic mass is 10.1. The predicted octanol–water partition coefficient (Wildman–Crippen LogP) is 1.61. The first-order valence-corrected chi connectivity index (χ1v) is 5.77. The summed E-state index contributed by atoms with van der Waals surface area (Å²) in [6, 6.07) is 0. The molecule has 3 heteroatoms. The topological polar surface area (TPSA) is 20.3 Å². The number of thioether (sulfide) groups is 1. The third kappa shape index (κ3) is 2.41. The number of amides is 1. The van der Waals surface area contributed by atoms with Gasteiger partial charge < -0.3 is 4.90 Å². The summed E-state index contributed by atoms with van der Waals surface area (Å²) in [4.78, 5) is 13.7. The summed E-state index contributed by atoms with van der Waals surface area (Å²) in [7, 11) is 0. The molecule has 2 nitrogen and oxygen atoms in total. The van der Waals surface area contributed by atoms with Crippen LogP contribution in [0.25, 0.3) is 0 Å². The summed E-state index contributed by atoms with van der Waals surface area (Å²) in [5, 5.41) is 0. The molecule has 1 saturated heterocycles. The van der Waals surface area contributed by atoms with E-state index in [4.69, 9.17) is 0 Å². The van der Waals surface area contributed by atoms with Gasteiger partial charge >= 0.3 is 0 Å². The summed E-state index contributed by atoms with van der Waals surface area (Å²) < 4.78 is 0. The van der Waals surface area contributed by atoms with Crippen LogP contribution in [0.3, 0.4) is 0 Å². The Labute approximate surface area is 78.7 Å². The van der Waals surface area contributed by atoms with E-state index in [1.54, 1.807) is 0 Å². The number of carbonyl (C=O) groups excluding carboxylic acids is 1. The molecule has 0 N–H and O–H groups in total. The molecule has 1 heterocycles. The minimum atomic E-state index is 0.216. The van der Waals surface area contributed by atoms with E-state index in [0.717, 1.165) is 31.0 Å². The van der Waals surface area contributed by atoms with Crippen molar-refractivity contribution in [3.05, 3.63) is 0 Å². The van der Waals surface area contributed by atoms with Gasteiger partial charge in [-0.15, -0.1) is 0 Å². The number of hydrogen-bond donors (Lipinski definition) is 0. The van der Waals surface area contributed by atoms with Gasteiger partial charge in [0, 0.05) is 30.5 Å². The largest absolute Gasteiger partial charge is 0.341 e. The highest BCUT2D eigenvalue weighted by Crippen LogP contribution is 2.13. The van der Waals surface area contributed by atoms with E-state index >= 15 is 0 Å². The van der Waals surface area contributed by atoms with Gasteiger partial charge in [0.1, 0.15) is 0 Å². The maximum Gasteiger partial charge on any atom is 0.225 e. The lowest BCUT2D eigenvalue weighted by Gasteiger charge is -2.28. The molecular formula is C9H17NOS. The van der Waals surface area contributed by atoms with Crippen molar-refractivity contribution in [3.8, 4) is 0 Å². The van der Waals surface area contributed by atoms with Gasteiger partial charge in [0.05, 0.1) is 0 Å². The minimum absolute atomic E-state index is 0.216. The average Bonchev–Trinajstić information content (AvgIpc) is 2.17. The molecule has 70 valence electrons. The molecule has 1 unspecified atom stereocenters. The van der Waals surface area contributed by atoms with Crippen LogP contribution in [0.1, 0.15) is 20.3 Å². The third-order valence-corrected chi connectivity index (χ3v) is 3.30. The van der Waals surface area contributed by atoms with Crippen LogP contribution < -0.4 is 0 Å². The first-order chi connectivity index (χ1) is 5.75. The van der Waals surface area contributed by atoms with Crippen molar-refractivity contribution in [1.29, 1.82) is 0 Å². The fourth-order valence-corrected chi connectivity index (χ4v) is 2.17. The quantitative estimate of drug-likeness (QED) is 0.654. The second-order valence-corrected chi connectivity index (χ2v) is 4.47. The molecule has 1 aliphatic heterocycles. The predicted molar refractivity (Wildman–Crippen MR) is 53.4 cm³/mol. The zero-order chi connectivity index (χ0) is 8.97. The Hall–Kier alpha value is -0.180. The van der Waals surface area contributed by atoms with Gasteiger partial charge in [-0.25, -0.2) is 0 Å². The fourth-order valence-electron chi connectivity index (χ4n) is 1.27. The maximum absolute atomic E-state index is 11.6. The Bertz CT molecular complexity index is 155. The monoisotopic (exact) mass is 187 g/mol. The molecule has 1 aliphatic rings. The Morgan fingerprint density at radius 2 is 2.08 bits per heavy atom. The van der Waals surface area contributed by atoms with Gasteiger partial charge in [0.2, 0.25) is 5.91 Å². The van der Waals surface area contributed by atoms with E-state index in [0.29, 0.717) is 5.91 Å². The molecule has 12 heavy (non-hydrogen) atoms. The lowest BCUT2D eigenvalue weighted by Crippen LogP contribution is -2.40. The zero-order valence-electron chi connectivity index (χ0n) is 7.88. The second-order valence-electron chi connectivity index (χ2n) is 3.25. The molecule has 1 atom stereocenters. The van der Waals surface area contributed by atoms with Crippen molar-refractivity contribution in [2.45, 2.75) is 20.3 Å². The highest BCUT2D eigenvalue weighted by Gasteiger charge is 2.20. The van der Waals surface area contributed by atoms with Crippen LogP contribution in [-0.4, -0.2) is 35.4 Å². The molecule has 1 amide bonds. The zero-order valence-corrected chi connectivity index (χ0v) is 8.69. The van der Waals surface area contributed by atoms with Crippen molar-refractivity contribution in [1.82, 2.24) is 4.90 Å². The second kappa shape index (κ2) is 4.75. The van der Waals surface area contributed by atoms with Gasteiger partial charge in [-0.05, 0) is 6.42 Å². The van der Waals surface area contributed by atoms with Crippen LogP contribution in [0, 0.1) is 5.92 Å². The molecule has 0 aliphatic carbocycles. The molecule has 0 bridgehead atoms. The summed E-state index contributed by atoms with van der Waals surface area (Å²) in [6.45, 7) is 5.99. The highest BCUT2D eigenvalue weighted by molar-refractivity contribution is 7.99. The van der Waals surface area contributed by atoms with Crippen LogP contribution in [0.4, 0.5) is 0 Å². The van der Waals surface area contributed by atoms with Crippen LogP contribution in [0.2, 0.25) is 0 Å². The molecule has 1 rings (SSSR count). The molecule has 0 spiro atoms. The van der Waals surface area contributed by atoms with Gasteiger partial charge in [0.15, 0.2) is 0 Å². The van der Waals surface area contributed by atoms with Crippen molar-refractivity contribution in [2.75, 3.05) is 24.6 Å². The summed E-state index contributed by atoms with van der Waals surface area (Å²) >= 11 is 1.94. The van der Waals surface area contributed by atoms with Crippen molar-refractivity contribution in [2.24, 2.45) is 5.92 Å². The molecule has 0 aromatic carbocycles. The van der Waals surface area contributed by atoms with Gasteiger partial charge in [-0.1, -0.05) is 13.8 Å². The molecular weight excluding hydrogens is 170 g/mol. The first-order valence-electron chi connectivity index (χ1n) is 4.62. The van der Waals surface area contributed by atoms with E-state index in [-0.39, 0.29) is 5.92 Å². The van der Waals surface area contributed by atoms with Crippen LogP contribution in [-0.2, 0) is 4.79 Å². The Balaban J connectivity index is 2.39. The minimum Gasteiger partial charge on any atom is -0.341 e. The van der Waals surface area contributed by atoms with Crippen molar-refractivity contribution in [3.63, 3.8) is 0 Å². The highest BCUT2D eigenvalue weighted by atomic mass is 32.2. The Morgan fingerprint density at radius 3 is 2.58 bits per heavy atom. The fraction of sp³-hybridized carbons (Fsp3) is 0.889. The van der Waals surface area contributed by atoms with Crippen LogP contribution >= 0.6 is 11.8 Å². The smallest absolute Gasteiger partial charge is 0.225 e. The molecule has 0 radical (unpaired) electrons. The van der Waals surface area contributed by atoms with Gasteiger partial charge in [-0.3, -0.25) is 4.79 Å². The van der Waals surface area contributed by atoms with Crippen molar-refractivity contribution < 1.29 is 4.79 Å². The van der Waals surface area contributed by atoms with Crippen LogP contribution in [0.15, 0.2) is 0 Å². The summed E-state index contributed by atoms with van der Waals surface area (Å²) in [5.41, 5.74) is 0. The summed E-state index contributed by atoms with van der Waals surface area (Å²) in [5.74, 6) is 2.79. The first kappa shape index (κ1) is 9.90. The van der Waals surface area contributed by atoms with Gasteiger partial charge in [-0.2, -0.15) is 11.8 Å². The lowest BCUT2D eigenvalue weighted by molar-refractivity contribution is -0.134. The van der Waals surface area contributed by atoms with Crippen molar-refractivity contribution >= 4 is 17.7 Å². The number of hydrogen-bond acceptors (Lipinski definition) is 2. The average molecular weight is 187 g/mol. The van der Waals surface area contributed by atoms with E-state index < -0.39 is 0 Å². The van der Waals surface area contributed by atoms with E-state index in [1.807, 2.05) is 23.6 Å². The van der Waals surface area contributed by atoms with E-state index in [2.05, 4.69) is 6.92 Å². The van der Waals surface area contributed by atoms with E-state index in [1.165, 1.54) is 0 Å².